The van der Waals surface area contributed by atoms with Crippen LogP contribution < -0.4 is 10.6 Å². The molecule has 2 atom stereocenters. The minimum Gasteiger partial charge on any atom is -0.390 e. The lowest BCUT2D eigenvalue weighted by molar-refractivity contribution is -0.120. The summed E-state index contributed by atoms with van der Waals surface area (Å²) >= 11 is 1.66. The van der Waals surface area contributed by atoms with Gasteiger partial charge < -0.3 is 15.7 Å². The van der Waals surface area contributed by atoms with E-state index in [4.69, 9.17) is 0 Å². The molecule has 0 bridgehead atoms. The first-order valence-electron chi connectivity index (χ1n) is 10.6. The SMILES string of the molecule is CC(=O)N[C@@H](Cc1cc(F)cc(F)c1)[C@H](O)CNC1(c2cccc(-c3ccsc3)c2)CC1. The average molecular weight is 457 g/mol. The predicted molar refractivity (Wildman–Crippen MR) is 122 cm³/mol. The lowest BCUT2D eigenvalue weighted by atomic mass is 9.97. The minimum absolute atomic E-state index is 0.123. The summed E-state index contributed by atoms with van der Waals surface area (Å²) in [5, 5.41) is 21.2. The summed E-state index contributed by atoms with van der Waals surface area (Å²) in [6.07, 6.45) is 1.10. The molecule has 0 aliphatic heterocycles. The van der Waals surface area contributed by atoms with Crippen molar-refractivity contribution in [2.45, 2.75) is 43.9 Å². The summed E-state index contributed by atoms with van der Waals surface area (Å²) in [4.78, 5) is 11.7. The van der Waals surface area contributed by atoms with E-state index in [9.17, 15) is 18.7 Å². The first kappa shape index (κ1) is 22.6. The molecule has 0 radical (unpaired) electrons. The molecule has 7 heteroatoms. The Balaban J connectivity index is 1.45. The second-order valence-corrected chi connectivity index (χ2v) is 9.19. The molecule has 1 amide bonds. The molecular weight excluding hydrogens is 430 g/mol. The van der Waals surface area contributed by atoms with Gasteiger partial charge in [0.2, 0.25) is 5.91 Å². The minimum atomic E-state index is -0.928. The molecule has 3 N–H and O–H groups in total. The Hall–Kier alpha value is -2.61. The van der Waals surface area contributed by atoms with Crippen molar-refractivity contribution in [3.05, 3.63) is 82.1 Å². The number of rotatable bonds is 9. The Morgan fingerprint density at radius 1 is 1.12 bits per heavy atom. The second-order valence-electron chi connectivity index (χ2n) is 8.41. The summed E-state index contributed by atoms with van der Waals surface area (Å²) in [6, 6.07) is 13.0. The van der Waals surface area contributed by atoms with Crippen molar-refractivity contribution < 1.29 is 18.7 Å². The number of aliphatic hydroxyl groups is 1. The largest absolute Gasteiger partial charge is 0.390 e. The summed E-state index contributed by atoms with van der Waals surface area (Å²) in [7, 11) is 0. The van der Waals surface area contributed by atoms with E-state index in [1.807, 2.05) is 6.07 Å². The van der Waals surface area contributed by atoms with E-state index in [2.05, 4.69) is 45.7 Å². The molecule has 4 rings (SSSR count). The molecule has 1 heterocycles. The van der Waals surface area contributed by atoms with Crippen molar-refractivity contribution in [1.82, 2.24) is 10.6 Å². The molecule has 3 aromatic rings. The van der Waals surface area contributed by atoms with Crippen LogP contribution in [0.4, 0.5) is 8.78 Å². The van der Waals surface area contributed by atoms with Crippen LogP contribution in [-0.2, 0) is 16.8 Å². The van der Waals surface area contributed by atoms with Crippen LogP contribution in [0.5, 0.6) is 0 Å². The summed E-state index contributed by atoms with van der Waals surface area (Å²) in [6.45, 7) is 1.60. The summed E-state index contributed by atoms with van der Waals surface area (Å²) in [5.41, 5.74) is 3.67. The van der Waals surface area contributed by atoms with Crippen molar-refractivity contribution in [3.8, 4) is 11.1 Å². The predicted octanol–water partition coefficient (Wildman–Crippen LogP) is 4.38. The third-order valence-corrected chi connectivity index (χ3v) is 6.58. The number of carbonyl (C=O) groups is 1. The van der Waals surface area contributed by atoms with Crippen LogP contribution in [0.15, 0.2) is 59.3 Å². The Morgan fingerprint density at radius 3 is 2.50 bits per heavy atom. The normalized spacial score (nSPS) is 16.4. The maximum absolute atomic E-state index is 13.6. The molecule has 1 fully saturated rings. The number of aliphatic hydroxyl groups excluding tert-OH is 1. The van der Waals surface area contributed by atoms with Crippen molar-refractivity contribution in [1.29, 1.82) is 0 Å². The van der Waals surface area contributed by atoms with E-state index in [1.54, 1.807) is 11.3 Å². The van der Waals surface area contributed by atoms with Gasteiger partial charge in [-0.05, 0) is 76.5 Å². The Labute approximate surface area is 190 Å². The van der Waals surface area contributed by atoms with Gasteiger partial charge in [0.25, 0.3) is 0 Å². The first-order chi connectivity index (χ1) is 15.3. The molecule has 1 aliphatic rings. The van der Waals surface area contributed by atoms with Gasteiger partial charge in [0.15, 0.2) is 0 Å². The van der Waals surface area contributed by atoms with Gasteiger partial charge in [-0.1, -0.05) is 18.2 Å². The zero-order chi connectivity index (χ0) is 22.7. The third-order valence-electron chi connectivity index (χ3n) is 5.90. The Kier molecular flexibility index (Phi) is 6.69. The summed E-state index contributed by atoms with van der Waals surface area (Å²) in [5.74, 6) is -1.68. The third kappa shape index (κ3) is 5.41. The fourth-order valence-corrected chi connectivity index (χ4v) is 4.75. The van der Waals surface area contributed by atoms with Crippen LogP contribution in [0.3, 0.4) is 0 Å². The smallest absolute Gasteiger partial charge is 0.217 e. The number of halogens is 2. The quantitative estimate of drug-likeness (QED) is 0.448. The topological polar surface area (TPSA) is 61.4 Å². The highest BCUT2D eigenvalue weighted by Crippen LogP contribution is 2.46. The van der Waals surface area contributed by atoms with Crippen LogP contribution >= 0.6 is 11.3 Å². The van der Waals surface area contributed by atoms with Gasteiger partial charge in [-0.15, -0.1) is 0 Å². The zero-order valence-corrected chi connectivity index (χ0v) is 18.6. The number of carbonyl (C=O) groups excluding carboxylic acids is 1. The van der Waals surface area contributed by atoms with Crippen molar-refractivity contribution >= 4 is 17.2 Å². The molecule has 0 spiro atoms. The molecule has 4 nitrogen and oxygen atoms in total. The maximum atomic E-state index is 13.6. The number of thiophene rings is 1. The standard InChI is InChI=1S/C25H26F2N2O2S/c1-16(30)29-23(11-17-9-21(26)13-22(27)10-17)24(31)14-28-25(6-7-25)20-4-2-3-18(12-20)19-5-8-32-15-19/h2-5,8-10,12-13,15,23-24,28,31H,6-7,11,14H2,1H3,(H,29,30)/t23-,24+/m0/s1. The average Bonchev–Trinajstić information content (AvgIpc) is 3.33. The van der Waals surface area contributed by atoms with E-state index < -0.39 is 23.8 Å². The molecule has 1 saturated carbocycles. The van der Waals surface area contributed by atoms with E-state index in [0.717, 1.165) is 30.0 Å². The fourth-order valence-electron chi connectivity index (χ4n) is 4.09. The maximum Gasteiger partial charge on any atom is 0.217 e. The van der Waals surface area contributed by atoms with Crippen molar-refractivity contribution in [2.75, 3.05) is 6.54 Å². The second kappa shape index (κ2) is 9.48. The Morgan fingerprint density at radius 2 is 1.88 bits per heavy atom. The number of amides is 1. The van der Waals surface area contributed by atoms with E-state index in [1.165, 1.54) is 24.6 Å². The zero-order valence-electron chi connectivity index (χ0n) is 17.8. The van der Waals surface area contributed by atoms with Gasteiger partial charge in [-0.3, -0.25) is 4.79 Å². The molecule has 1 aliphatic carbocycles. The van der Waals surface area contributed by atoms with Crippen LogP contribution in [0.25, 0.3) is 11.1 Å². The van der Waals surface area contributed by atoms with Gasteiger partial charge in [-0.25, -0.2) is 8.78 Å². The fraction of sp³-hybridized carbons (Fsp3) is 0.320. The summed E-state index contributed by atoms with van der Waals surface area (Å²) < 4.78 is 27.2. The lowest BCUT2D eigenvalue weighted by Gasteiger charge is -2.27. The van der Waals surface area contributed by atoms with Gasteiger partial charge in [0.1, 0.15) is 11.6 Å². The molecule has 0 unspecified atom stereocenters. The van der Waals surface area contributed by atoms with Crippen LogP contribution in [0.1, 0.15) is 30.9 Å². The molecule has 168 valence electrons. The molecule has 2 aromatic carbocycles. The van der Waals surface area contributed by atoms with Crippen molar-refractivity contribution in [2.24, 2.45) is 0 Å². The number of benzene rings is 2. The van der Waals surface area contributed by atoms with Crippen molar-refractivity contribution in [3.63, 3.8) is 0 Å². The first-order valence-corrected chi connectivity index (χ1v) is 11.6. The van der Waals surface area contributed by atoms with Crippen LogP contribution in [0.2, 0.25) is 0 Å². The number of hydrogen-bond acceptors (Lipinski definition) is 4. The number of nitrogens with one attached hydrogen (secondary N) is 2. The highest BCUT2D eigenvalue weighted by Gasteiger charge is 2.44. The van der Waals surface area contributed by atoms with E-state index >= 15 is 0 Å². The van der Waals surface area contributed by atoms with E-state index in [-0.39, 0.29) is 24.4 Å². The lowest BCUT2D eigenvalue weighted by Crippen LogP contribution is -2.49. The molecule has 0 saturated heterocycles. The monoisotopic (exact) mass is 456 g/mol. The van der Waals surface area contributed by atoms with Gasteiger partial charge in [0, 0.05) is 25.1 Å². The van der Waals surface area contributed by atoms with E-state index in [0.29, 0.717) is 5.56 Å². The highest BCUT2D eigenvalue weighted by atomic mass is 32.1. The molecule has 1 aromatic heterocycles. The van der Waals surface area contributed by atoms with Gasteiger partial charge in [0.05, 0.1) is 12.1 Å². The van der Waals surface area contributed by atoms with Crippen LogP contribution in [0, 0.1) is 11.6 Å². The number of hydrogen-bond donors (Lipinski definition) is 3. The molecular formula is C25H26F2N2O2S. The van der Waals surface area contributed by atoms with Gasteiger partial charge >= 0.3 is 0 Å². The highest BCUT2D eigenvalue weighted by molar-refractivity contribution is 7.08. The Bertz CT molecular complexity index is 1060. The molecule has 32 heavy (non-hydrogen) atoms. The van der Waals surface area contributed by atoms with Crippen LogP contribution in [-0.4, -0.2) is 29.7 Å². The van der Waals surface area contributed by atoms with Gasteiger partial charge in [-0.2, -0.15) is 11.3 Å².